The Morgan fingerprint density at radius 2 is 2.00 bits per heavy atom. The number of aryl methyl sites for hydroxylation is 1. The summed E-state index contributed by atoms with van der Waals surface area (Å²) in [5.74, 6) is 0.809. The maximum atomic E-state index is 13.4. The maximum absolute atomic E-state index is 13.4. The van der Waals surface area contributed by atoms with Crippen LogP contribution in [0, 0.1) is 6.92 Å². The van der Waals surface area contributed by atoms with Gasteiger partial charge in [0.2, 0.25) is 5.88 Å². The van der Waals surface area contributed by atoms with Gasteiger partial charge in [-0.25, -0.2) is 9.97 Å². The summed E-state index contributed by atoms with van der Waals surface area (Å²) in [6.45, 7) is 4.51. The van der Waals surface area contributed by atoms with Crippen molar-refractivity contribution in [3.05, 3.63) is 59.1 Å². The third-order valence-electron chi connectivity index (χ3n) is 5.00. The van der Waals surface area contributed by atoms with Gasteiger partial charge in [0, 0.05) is 24.5 Å². The van der Waals surface area contributed by atoms with E-state index in [1.54, 1.807) is 36.8 Å². The third-order valence-corrected chi connectivity index (χ3v) is 5.23. The average Bonchev–Trinajstić information content (AvgIpc) is 3.25. The average molecular weight is 413 g/mol. The number of ether oxygens (including phenoxy) is 1. The van der Waals surface area contributed by atoms with Crippen LogP contribution in [0.5, 0.6) is 5.88 Å². The van der Waals surface area contributed by atoms with E-state index in [9.17, 15) is 4.79 Å². The largest absolute Gasteiger partial charge is 0.472 e. The standard InChI is InChI=1S/C20H21ClN6O2/c1-13-5-7-16(19(25-13)27-23-9-10-24-27)20(28)26-11-3-4-17(14(26)2)29-18-8-6-15(21)12-22-18/h5-10,12,14,17H,3-4,11H2,1-2H3. The van der Waals surface area contributed by atoms with Gasteiger partial charge < -0.3 is 9.64 Å². The molecule has 0 aliphatic carbocycles. The molecule has 0 aromatic carbocycles. The molecule has 1 saturated heterocycles. The monoisotopic (exact) mass is 412 g/mol. The molecule has 0 radical (unpaired) electrons. The summed E-state index contributed by atoms with van der Waals surface area (Å²) in [6.07, 6.45) is 6.19. The van der Waals surface area contributed by atoms with Crippen molar-refractivity contribution in [3.8, 4) is 11.7 Å². The number of carbonyl (C=O) groups is 1. The molecule has 1 aliphatic heterocycles. The minimum atomic E-state index is -0.161. The van der Waals surface area contributed by atoms with Crippen molar-refractivity contribution in [2.45, 2.75) is 38.8 Å². The number of pyridine rings is 2. The Labute approximate surface area is 173 Å². The van der Waals surface area contributed by atoms with Crippen LogP contribution in [0.1, 0.15) is 35.8 Å². The van der Waals surface area contributed by atoms with Crippen molar-refractivity contribution < 1.29 is 9.53 Å². The molecule has 9 heteroatoms. The van der Waals surface area contributed by atoms with Crippen molar-refractivity contribution in [3.63, 3.8) is 0 Å². The number of hydrogen-bond acceptors (Lipinski definition) is 6. The lowest BCUT2D eigenvalue weighted by Gasteiger charge is -2.39. The Morgan fingerprint density at radius 1 is 1.21 bits per heavy atom. The molecule has 0 saturated carbocycles. The first kappa shape index (κ1) is 19.3. The second kappa shape index (κ2) is 8.16. The zero-order chi connectivity index (χ0) is 20.4. The number of hydrogen-bond donors (Lipinski definition) is 0. The molecule has 1 amide bonds. The highest BCUT2D eigenvalue weighted by atomic mass is 35.5. The zero-order valence-electron chi connectivity index (χ0n) is 16.2. The molecule has 3 aromatic rings. The lowest BCUT2D eigenvalue weighted by Crippen LogP contribution is -2.51. The molecule has 8 nitrogen and oxygen atoms in total. The minimum absolute atomic E-state index is 0.116. The van der Waals surface area contributed by atoms with E-state index in [1.807, 2.05) is 24.8 Å². The van der Waals surface area contributed by atoms with E-state index < -0.39 is 0 Å². The molecule has 0 bridgehead atoms. The molecule has 1 aliphatic rings. The Kier molecular flexibility index (Phi) is 5.44. The summed E-state index contributed by atoms with van der Waals surface area (Å²) in [4.78, 5) is 25.3. The van der Waals surface area contributed by atoms with Crippen molar-refractivity contribution in [2.75, 3.05) is 6.54 Å². The second-order valence-corrected chi connectivity index (χ2v) is 7.43. The van der Waals surface area contributed by atoms with Gasteiger partial charge in [0.1, 0.15) is 6.10 Å². The van der Waals surface area contributed by atoms with Crippen LogP contribution in [0.25, 0.3) is 5.82 Å². The quantitative estimate of drug-likeness (QED) is 0.654. The summed E-state index contributed by atoms with van der Waals surface area (Å²) in [7, 11) is 0. The third kappa shape index (κ3) is 4.07. The molecule has 0 N–H and O–H groups in total. The zero-order valence-corrected chi connectivity index (χ0v) is 17.0. The fourth-order valence-electron chi connectivity index (χ4n) is 3.48. The number of nitrogens with zero attached hydrogens (tertiary/aromatic N) is 6. The lowest BCUT2D eigenvalue weighted by atomic mass is 9.99. The molecule has 0 spiro atoms. The van der Waals surface area contributed by atoms with E-state index in [0.717, 1.165) is 18.5 Å². The van der Waals surface area contributed by atoms with Gasteiger partial charge in [0.05, 0.1) is 29.0 Å². The number of aromatic nitrogens is 5. The number of likely N-dealkylation sites (tertiary alicyclic amines) is 1. The van der Waals surface area contributed by atoms with E-state index in [-0.39, 0.29) is 18.1 Å². The first-order valence-electron chi connectivity index (χ1n) is 9.46. The Morgan fingerprint density at radius 3 is 2.72 bits per heavy atom. The summed E-state index contributed by atoms with van der Waals surface area (Å²) in [6, 6.07) is 6.94. The second-order valence-electron chi connectivity index (χ2n) is 6.99. The predicted molar refractivity (Wildman–Crippen MR) is 107 cm³/mol. The van der Waals surface area contributed by atoms with Gasteiger partial charge in [0.15, 0.2) is 5.82 Å². The van der Waals surface area contributed by atoms with Crippen LogP contribution in [-0.2, 0) is 0 Å². The molecule has 4 heterocycles. The lowest BCUT2D eigenvalue weighted by molar-refractivity contribution is 0.0266. The van der Waals surface area contributed by atoms with Crippen molar-refractivity contribution in [2.24, 2.45) is 0 Å². The first-order valence-corrected chi connectivity index (χ1v) is 9.84. The first-order chi connectivity index (χ1) is 14.0. The van der Waals surface area contributed by atoms with Crippen LogP contribution in [0.15, 0.2) is 42.9 Å². The van der Waals surface area contributed by atoms with Crippen molar-refractivity contribution >= 4 is 17.5 Å². The van der Waals surface area contributed by atoms with Crippen LogP contribution in [0.2, 0.25) is 5.02 Å². The highest BCUT2D eigenvalue weighted by Gasteiger charge is 2.34. The highest BCUT2D eigenvalue weighted by Crippen LogP contribution is 2.25. The van der Waals surface area contributed by atoms with Gasteiger partial charge in [-0.05, 0) is 44.9 Å². The topological polar surface area (TPSA) is 86.0 Å². The van der Waals surface area contributed by atoms with E-state index in [2.05, 4.69) is 20.2 Å². The molecule has 29 heavy (non-hydrogen) atoms. The molecule has 2 atom stereocenters. The summed E-state index contributed by atoms with van der Waals surface area (Å²) in [5, 5.41) is 8.84. The van der Waals surface area contributed by atoms with Gasteiger partial charge in [-0.3, -0.25) is 4.79 Å². The number of piperidine rings is 1. The van der Waals surface area contributed by atoms with Crippen LogP contribution in [-0.4, -0.2) is 54.5 Å². The normalized spacial score (nSPS) is 19.2. The van der Waals surface area contributed by atoms with Crippen LogP contribution in [0.3, 0.4) is 0 Å². The van der Waals surface area contributed by atoms with Gasteiger partial charge in [-0.2, -0.15) is 10.2 Å². The molecular weight excluding hydrogens is 392 g/mol. The van der Waals surface area contributed by atoms with Crippen LogP contribution < -0.4 is 4.74 Å². The fraction of sp³-hybridized carbons (Fsp3) is 0.350. The molecule has 4 rings (SSSR count). The summed E-state index contributed by atoms with van der Waals surface area (Å²) in [5.41, 5.74) is 1.25. The number of rotatable bonds is 4. The number of halogens is 1. The number of amides is 1. The molecule has 150 valence electrons. The van der Waals surface area contributed by atoms with Gasteiger partial charge in [-0.1, -0.05) is 11.6 Å². The molecule has 2 unspecified atom stereocenters. The van der Waals surface area contributed by atoms with Gasteiger partial charge in [-0.15, -0.1) is 4.80 Å². The van der Waals surface area contributed by atoms with Crippen LogP contribution in [0.4, 0.5) is 0 Å². The number of carbonyl (C=O) groups excluding carboxylic acids is 1. The van der Waals surface area contributed by atoms with E-state index in [0.29, 0.717) is 28.8 Å². The fourth-order valence-corrected chi connectivity index (χ4v) is 3.59. The van der Waals surface area contributed by atoms with Crippen LogP contribution >= 0.6 is 11.6 Å². The highest BCUT2D eigenvalue weighted by molar-refractivity contribution is 6.30. The maximum Gasteiger partial charge on any atom is 0.258 e. The Bertz CT molecular complexity index is 993. The summed E-state index contributed by atoms with van der Waals surface area (Å²) >= 11 is 5.89. The summed E-state index contributed by atoms with van der Waals surface area (Å²) < 4.78 is 6.05. The van der Waals surface area contributed by atoms with Gasteiger partial charge in [0.25, 0.3) is 5.91 Å². The van der Waals surface area contributed by atoms with E-state index in [1.165, 1.54) is 4.80 Å². The van der Waals surface area contributed by atoms with Gasteiger partial charge >= 0.3 is 0 Å². The molecule has 1 fully saturated rings. The van der Waals surface area contributed by atoms with E-state index >= 15 is 0 Å². The Balaban J connectivity index is 1.58. The van der Waals surface area contributed by atoms with E-state index in [4.69, 9.17) is 16.3 Å². The van der Waals surface area contributed by atoms with Crippen molar-refractivity contribution in [1.29, 1.82) is 0 Å². The minimum Gasteiger partial charge on any atom is -0.472 e. The Hall–Kier alpha value is -3.00. The van der Waals surface area contributed by atoms with Crippen molar-refractivity contribution in [1.82, 2.24) is 29.9 Å². The molecular formula is C20H21ClN6O2. The SMILES string of the molecule is Cc1ccc(C(=O)N2CCCC(Oc3ccc(Cl)cn3)C2C)c(-n2nccn2)n1. The molecule has 3 aromatic heterocycles. The smallest absolute Gasteiger partial charge is 0.258 e. The predicted octanol–water partition coefficient (Wildman–Crippen LogP) is 3.09.